The zero-order chi connectivity index (χ0) is 11.2. The first-order chi connectivity index (χ1) is 8.38. The minimum absolute atomic E-state index is 0.690. The van der Waals surface area contributed by atoms with Crippen LogP contribution >= 0.6 is 0 Å². The lowest BCUT2D eigenvalue weighted by Gasteiger charge is -2.23. The Balaban J connectivity index is 1.15. The van der Waals surface area contributed by atoms with Crippen LogP contribution < -0.4 is 0 Å². The maximum absolute atomic E-state index is 5.62. The van der Waals surface area contributed by atoms with Crippen LogP contribution in [0.5, 0.6) is 0 Å². The van der Waals surface area contributed by atoms with E-state index in [2.05, 4.69) is 0 Å². The van der Waals surface area contributed by atoms with Gasteiger partial charge in [0.2, 0.25) is 0 Å². The fourth-order valence-corrected chi connectivity index (χ4v) is 4.65. The van der Waals surface area contributed by atoms with E-state index in [1.54, 1.807) is 25.7 Å². The van der Waals surface area contributed by atoms with Crippen molar-refractivity contribution in [2.75, 3.05) is 0 Å². The van der Waals surface area contributed by atoms with Gasteiger partial charge in [-0.2, -0.15) is 0 Å². The molecule has 96 valence electrons. The largest absolute Gasteiger partial charge is 0.370 e. The summed E-state index contributed by atoms with van der Waals surface area (Å²) in [5.41, 5.74) is 0. The monoisotopic (exact) mass is 234 g/mol. The molecule has 1 saturated heterocycles. The van der Waals surface area contributed by atoms with Crippen LogP contribution in [0.1, 0.15) is 64.2 Å². The molecule has 3 saturated carbocycles. The smallest absolute Gasteiger partial charge is 0.0844 e. The summed E-state index contributed by atoms with van der Waals surface area (Å²) in [7, 11) is 0. The lowest BCUT2D eigenvalue weighted by atomic mass is 9.82. The molecule has 0 radical (unpaired) electrons. The van der Waals surface area contributed by atoms with Crippen LogP contribution in [0, 0.1) is 23.7 Å². The van der Waals surface area contributed by atoms with Crippen molar-refractivity contribution in [2.24, 2.45) is 23.7 Å². The second-order valence-corrected chi connectivity index (χ2v) is 7.26. The molecule has 0 N–H and O–H groups in total. The van der Waals surface area contributed by atoms with Gasteiger partial charge < -0.3 is 4.74 Å². The number of hydrogen-bond acceptors (Lipinski definition) is 1. The van der Waals surface area contributed by atoms with Gasteiger partial charge in [0.1, 0.15) is 0 Å². The molecular weight excluding hydrogens is 208 g/mol. The lowest BCUT2D eigenvalue weighted by Crippen LogP contribution is -2.14. The van der Waals surface area contributed by atoms with E-state index in [4.69, 9.17) is 4.74 Å². The molecule has 17 heavy (non-hydrogen) atoms. The SMILES string of the molecule is C(CC1CCC2CC2C1)CC1CCC2OC2C1. The molecule has 1 heteroatoms. The van der Waals surface area contributed by atoms with Crippen molar-refractivity contribution in [2.45, 2.75) is 76.4 Å². The number of ether oxygens (including phenoxy) is 1. The number of rotatable bonds is 4. The van der Waals surface area contributed by atoms with Crippen LogP contribution in [-0.2, 0) is 4.74 Å². The number of fused-ring (bicyclic) bond motifs is 2. The fraction of sp³-hybridized carbons (Fsp3) is 1.00. The van der Waals surface area contributed by atoms with E-state index in [0.717, 1.165) is 11.8 Å². The van der Waals surface area contributed by atoms with E-state index >= 15 is 0 Å². The summed E-state index contributed by atoms with van der Waals surface area (Å²) < 4.78 is 5.62. The Morgan fingerprint density at radius 2 is 1.53 bits per heavy atom. The van der Waals surface area contributed by atoms with Crippen molar-refractivity contribution in [1.29, 1.82) is 0 Å². The molecule has 4 fully saturated rings. The Bertz CT molecular complexity index is 259. The van der Waals surface area contributed by atoms with Crippen molar-refractivity contribution >= 4 is 0 Å². The van der Waals surface area contributed by atoms with Crippen LogP contribution in [0.25, 0.3) is 0 Å². The van der Waals surface area contributed by atoms with Crippen molar-refractivity contribution in [3.8, 4) is 0 Å². The molecule has 4 aliphatic rings. The van der Waals surface area contributed by atoms with Crippen molar-refractivity contribution in [3.63, 3.8) is 0 Å². The quantitative estimate of drug-likeness (QED) is 0.665. The molecule has 0 aromatic heterocycles. The van der Waals surface area contributed by atoms with Gasteiger partial charge >= 0.3 is 0 Å². The summed E-state index contributed by atoms with van der Waals surface area (Å²) in [6.45, 7) is 0. The van der Waals surface area contributed by atoms with E-state index in [9.17, 15) is 0 Å². The highest BCUT2D eigenvalue weighted by molar-refractivity contribution is 4.93. The fourth-order valence-electron chi connectivity index (χ4n) is 4.65. The van der Waals surface area contributed by atoms with Crippen molar-refractivity contribution in [1.82, 2.24) is 0 Å². The maximum atomic E-state index is 5.62. The molecule has 0 aromatic rings. The van der Waals surface area contributed by atoms with Gasteiger partial charge in [0, 0.05) is 0 Å². The Labute approximate surface area is 105 Å². The molecular formula is C16H26O. The minimum Gasteiger partial charge on any atom is -0.370 e. The molecule has 0 amide bonds. The number of hydrogen-bond donors (Lipinski definition) is 0. The van der Waals surface area contributed by atoms with Crippen LogP contribution in [0.3, 0.4) is 0 Å². The van der Waals surface area contributed by atoms with Crippen LogP contribution in [0.15, 0.2) is 0 Å². The van der Waals surface area contributed by atoms with Gasteiger partial charge in [-0.15, -0.1) is 0 Å². The summed E-state index contributed by atoms with van der Waals surface area (Å²) in [5, 5.41) is 0. The average molecular weight is 234 g/mol. The Hall–Kier alpha value is -0.0400. The maximum Gasteiger partial charge on any atom is 0.0844 e. The highest BCUT2D eigenvalue weighted by Gasteiger charge is 2.44. The van der Waals surface area contributed by atoms with E-state index in [-0.39, 0.29) is 0 Å². The van der Waals surface area contributed by atoms with E-state index in [1.807, 2.05) is 0 Å². The van der Waals surface area contributed by atoms with Gasteiger partial charge in [0.25, 0.3) is 0 Å². The van der Waals surface area contributed by atoms with Crippen LogP contribution in [-0.4, -0.2) is 12.2 Å². The topological polar surface area (TPSA) is 12.5 Å². The molecule has 6 atom stereocenters. The summed E-state index contributed by atoms with van der Waals surface area (Å²) in [5.74, 6) is 4.46. The predicted octanol–water partition coefficient (Wildman–Crippen LogP) is 4.16. The lowest BCUT2D eigenvalue weighted by molar-refractivity contribution is 0.292. The first-order valence-corrected chi connectivity index (χ1v) is 8.04. The van der Waals surface area contributed by atoms with E-state index in [1.165, 1.54) is 50.4 Å². The third-order valence-corrected chi connectivity index (χ3v) is 5.99. The first-order valence-electron chi connectivity index (χ1n) is 8.04. The molecule has 4 rings (SSSR count). The summed E-state index contributed by atoms with van der Waals surface area (Å²) in [4.78, 5) is 0. The molecule has 0 aromatic carbocycles. The molecule has 1 nitrogen and oxygen atoms in total. The third-order valence-electron chi connectivity index (χ3n) is 5.99. The normalized spacial score (nSPS) is 51.5. The molecule has 1 aliphatic heterocycles. The zero-order valence-electron chi connectivity index (χ0n) is 10.9. The molecule has 3 aliphatic carbocycles. The van der Waals surface area contributed by atoms with Gasteiger partial charge in [0.15, 0.2) is 0 Å². The second kappa shape index (κ2) is 4.26. The third kappa shape index (κ3) is 2.41. The Morgan fingerprint density at radius 1 is 0.706 bits per heavy atom. The van der Waals surface area contributed by atoms with Gasteiger partial charge in [-0.1, -0.05) is 25.7 Å². The van der Waals surface area contributed by atoms with Crippen molar-refractivity contribution < 1.29 is 4.74 Å². The molecule has 0 spiro atoms. The average Bonchev–Trinajstić information content (AvgIpc) is 3.22. The summed E-state index contributed by atoms with van der Waals surface area (Å²) >= 11 is 0. The van der Waals surface area contributed by atoms with Crippen LogP contribution in [0.2, 0.25) is 0 Å². The first kappa shape index (κ1) is 10.8. The molecule has 6 unspecified atom stereocenters. The van der Waals surface area contributed by atoms with Crippen LogP contribution in [0.4, 0.5) is 0 Å². The van der Waals surface area contributed by atoms with Crippen molar-refractivity contribution in [3.05, 3.63) is 0 Å². The zero-order valence-corrected chi connectivity index (χ0v) is 10.9. The minimum atomic E-state index is 0.690. The Morgan fingerprint density at radius 3 is 2.35 bits per heavy atom. The van der Waals surface area contributed by atoms with Gasteiger partial charge in [-0.05, 0) is 62.2 Å². The summed E-state index contributed by atoms with van der Waals surface area (Å²) in [6.07, 6.45) is 16.4. The van der Waals surface area contributed by atoms with Gasteiger partial charge in [-0.25, -0.2) is 0 Å². The predicted molar refractivity (Wildman–Crippen MR) is 68.8 cm³/mol. The molecule has 0 bridgehead atoms. The standard InChI is InChI=1S/C16H26O/c1(2-11-4-6-13-10-14(13)8-11)3-12-5-7-15-16(9-12)17-15/h11-16H,1-10H2. The van der Waals surface area contributed by atoms with Gasteiger partial charge in [0.05, 0.1) is 12.2 Å². The Kier molecular flexibility index (Phi) is 2.72. The highest BCUT2D eigenvalue weighted by Crippen LogP contribution is 2.52. The highest BCUT2D eigenvalue weighted by atomic mass is 16.6. The summed E-state index contributed by atoms with van der Waals surface area (Å²) in [6, 6.07) is 0. The second-order valence-electron chi connectivity index (χ2n) is 7.26. The molecule has 1 heterocycles. The number of epoxide rings is 1. The van der Waals surface area contributed by atoms with Gasteiger partial charge in [-0.3, -0.25) is 0 Å². The van der Waals surface area contributed by atoms with E-state index < -0.39 is 0 Å². The van der Waals surface area contributed by atoms with E-state index in [0.29, 0.717) is 12.2 Å².